The highest BCUT2D eigenvalue weighted by Crippen LogP contribution is 2.43. The summed E-state index contributed by atoms with van der Waals surface area (Å²) in [5.74, 6) is 2.66. The van der Waals surface area contributed by atoms with Crippen LogP contribution in [0.5, 0.6) is 0 Å². The van der Waals surface area contributed by atoms with Crippen molar-refractivity contribution in [3.05, 3.63) is 0 Å². The predicted octanol–water partition coefficient (Wildman–Crippen LogP) is 2.86. The van der Waals surface area contributed by atoms with Gasteiger partial charge in [-0.3, -0.25) is 4.79 Å². The summed E-state index contributed by atoms with van der Waals surface area (Å²) in [6, 6.07) is 0. The van der Waals surface area contributed by atoms with Gasteiger partial charge in [0.05, 0.1) is 0 Å². The monoisotopic (exact) mass is 209 g/mol. The third kappa shape index (κ3) is 2.96. The van der Waals surface area contributed by atoms with Crippen LogP contribution in [0.25, 0.3) is 0 Å². The second-order valence-corrected chi connectivity index (χ2v) is 5.49. The molecule has 0 radical (unpaired) electrons. The van der Waals surface area contributed by atoms with Gasteiger partial charge in [-0.05, 0) is 37.0 Å². The zero-order valence-corrected chi connectivity index (χ0v) is 9.58. The highest BCUT2D eigenvalue weighted by atomic mass is 16.1. The molecule has 3 unspecified atom stereocenters. The van der Waals surface area contributed by atoms with Gasteiger partial charge in [0.2, 0.25) is 5.91 Å². The molecule has 0 spiro atoms. The molecule has 0 saturated heterocycles. The van der Waals surface area contributed by atoms with Gasteiger partial charge in [-0.1, -0.05) is 32.1 Å². The normalized spacial score (nSPS) is 35.9. The Hall–Kier alpha value is -0.530. The first-order valence-corrected chi connectivity index (χ1v) is 6.54. The van der Waals surface area contributed by atoms with Crippen LogP contribution in [0, 0.1) is 17.8 Å². The second kappa shape index (κ2) is 5.00. The lowest BCUT2D eigenvalue weighted by atomic mass is 9.67. The number of hydrogen-bond acceptors (Lipinski definition) is 1. The van der Waals surface area contributed by atoms with Crippen LogP contribution in [0.4, 0.5) is 0 Å². The number of carbonyl (C=O) groups is 1. The summed E-state index contributed by atoms with van der Waals surface area (Å²) in [5, 5.41) is 0. The molecular formula is C13H23NO. The molecule has 3 atom stereocenters. The van der Waals surface area contributed by atoms with Gasteiger partial charge in [-0.25, -0.2) is 0 Å². The van der Waals surface area contributed by atoms with E-state index in [0.29, 0.717) is 6.42 Å². The van der Waals surface area contributed by atoms with Crippen molar-refractivity contribution in [3.8, 4) is 0 Å². The summed E-state index contributed by atoms with van der Waals surface area (Å²) in [6.45, 7) is 0. The van der Waals surface area contributed by atoms with Crippen LogP contribution in [0.3, 0.4) is 0 Å². The summed E-state index contributed by atoms with van der Waals surface area (Å²) in [5.41, 5.74) is 5.20. The zero-order chi connectivity index (χ0) is 10.7. The van der Waals surface area contributed by atoms with Crippen molar-refractivity contribution in [2.75, 3.05) is 0 Å². The molecule has 0 bridgehead atoms. The SMILES string of the molecule is NC(=O)CCC1CCC2CCCCC2C1. The topological polar surface area (TPSA) is 43.1 Å². The Balaban J connectivity index is 1.78. The van der Waals surface area contributed by atoms with Gasteiger partial charge in [0, 0.05) is 6.42 Å². The summed E-state index contributed by atoms with van der Waals surface area (Å²) in [7, 11) is 0. The number of carbonyl (C=O) groups excluding carboxylic acids is 1. The molecule has 0 heterocycles. The van der Waals surface area contributed by atoms with Crippen LogP contribution >= 0.6 is 0 Å². The number of amides is 1. The lowest BCUT2D eigenvalue weighted by Crippen LogP contribution is -2.28. The van der Waals surface area contributed by atoms with E-state index in [1.165, 1.54) is 44.9 Å². The van der Waals surface area contributed by atoms with Crippen LogP contribution in [0.2, 0.25) is 0 Å². The van der Waals surface area contributed by atoms with Gasteiger partial charge >= 0.3 is 0 Å². The number of nitrogens with two attached hydrogens (primary N) is 1. The Labute approximate surface area is 92.6 Å². The van der Waals surface area contributed by atoms with E-state index < -0.39 is 0 Å². The maximum Gasteiger partial charge on any atom is 0.217 e. The fourth-order valence-electron chi connectivity index (χ4n) is 3.58. The molecule has 86 valence electrons. The maximum absolute atomic E-state index is 10.7. The van der Waals surface area contributed by atoms with Gasteiger partial charge in [0.25, 0.3) is 0 Å². The Kier molecular flexibility index (Phi) is 3.66. The number of fused-ring (bicyclic) bond motifs is 1. The largest absolute Gasteiger partial charge is 0.370 e. The van der Waals surface area contributed by atoms with Crippen molar-refractivity contribution in [2.24, 2.45) is 23.5 Å². The van der Waals surface area contributed by atoms with Gasteiger partial charge in [-0.2, -0.15) is 0 Å². The average molecular weight is 209 g/mol. The van der Waals surface area contributed by atoms with E-state index in [2.05, 4.69) is 0 Å². The molecule has 2 rings (SSSR count). The molecule has 2 nitrogen and oxygen atoms in total. The average Bonchev–Trinajstić information content (AvgIpc) is 2.26. The molecule has 2 aliphatic carbocycles. The standard InChI is InChI=1S/C13H23NO/c14-13(15)8-6-10-5-7-11-3-1-2-4-12(11)9-10/h10-12H,1-9H2,(H2,14,15). The molecule has 1 amide bonds. The molecular weight excluding hydrogens is 186 g/mol. The van der Waals surface area contributed by atoms with Crippen LogP contribution in [-0.2, 0) is 4.79 Å². The highest BCUT2D eigenvalue weighted by Gasteiger charge is 2.31. The number of hydrogen-bond donors (Lipinski definition) is 1. The van der Waals surface area contributed by atoms with Crippen molar-refractivity contribution in [1.82, 2.24) is 0 Å². The first kappa shape index (κ1) is 11.0. The smallest absolute Gasteiger partial charge is 0.217 e. The minimum absolute atomic E-state index is 0.124. The molecule has 0 aliphatic heterocycles. The second-order valence-electron chi connectivity index (χ2n) is 5.49. The van der Waals surface area contributed by atoms with Gasteiger partial charge in [-0.15, -0.1) is 0 Å². The van der Waals surface area contributed by atoms with Crippen molar-refractivity contribution < 1.29 is 4.79 Å². The molecule has 2 aliphatic rings. The third-order valence-electron chi connectivity index (χ3n) is 4.45. The molecule has 0 aromatic carbocycles. The van der Waals surface area contributed by atoms with Crippen molar-refractivity contribution in [1.29, 1.82) is 0 Å². The lowest BCUT2D eigenvalue weighted by Gasteiger charge is -2.39. The number of rotatable bonds is 3. The van der Waals surface area contributed by atoms with E-state index in [0.717, 1.165) is 24.2 Å². The van der Waals surface area contributed by atoms with E-state index in [4.69, 9.17) is 5.73 Å². The quantitative estimate of drug-likeness (QED) is 0.763. The van der Waals surface area contributed by atoms with Gasteiger partial charge in [0.1, 0.15) is 0 Å². The zero-order valence-electron chi connectivity index (χ0n) is 9.58. The van der Waals surface area contributed by atoms with Gasteiger partial charge < -0.3 is 5.73 Å². The van der Waals surface area contributed by atoms with E-state index in [1.807, 2.05) is 0 Å². The van der Waals surface area contributed by atoms with E-state index >= 15 is 0 Å². The van der Waals surface area contributed by atoms with Crippen molar-refractivity contribution in [2.45, 2.75) is 57.8 Å². The lowest BCUT2D eigenvalue weighted by molar-refractivity contribution is -0.118. The third-order valence-corrected chi connectivity index (χ3v) is 4.45. The summed E-state index contributed by atoms with van der Waals surface area (Å²) >= 11 is 0. The highest BCUT2D eigenvalue weighted by molar-refractivity contribution is 5.73. The minimum atomic E-state index is -0.124. The Bertz CT molecular complexity index is 227. The van der Waals surface area contributed by atoms with Crippen LogP contribution in [0.1, 0.15) is 57.8 Å². The Morgan fingerprint density at radius 1 is 1.07 bits per heavy atom. The molecule has 0 aromatic rings. The molecule has 2 N–H and O–H groups in total. The molecule has 2 heteroatoms. The Morgan fingerprint density at radius 2 is 1.80 bits per heavy atom. The van der Waals surface area contributed by atoms with E-state index in [-0.39, 0.29) is 5.91 Å². The first-order chi connectivity index (χ1) is 7.25. The molecule has 2 fully saturated rings. The Morgan fingerprint density at radius 3 is 2.53 bits per heavy atom. The molecule has 0 aromatic heterocycles. The van der Waals surface area contributed by atoms with Crippen molar-refractivity contribution >= 4 is 5.91 Å². The van der Waals surface area contributed by atoms with Gasteiger partial charge in [0.15, 0.2) is 0 Å². The van der Waals surface area contributed by atoms with Crippen LogP contribution in [0.15, 0.2) is 0 Å². The summed E-state index contributed by atoms with van der Waals surface area (Å²) in [6.07, 6.45) is 11.6. The summed E-state index contributed by atoms with van der Waals surface area (Å²) < 4.78 is 0. The maximum atomic E-state index is 10.7. The van der Waals surface area contributed by atoms with Crippen molar-refractivity contribution in [3.63, 3.8) is 0 Å². The van der Waals surface area contributed by atoms with E-state index in [1.54, 1.807) is 0 Å². The fraction of sp³-hybridized carbons (Fsp3) is 0.923. The predicted molar refractivity (Wildman–Crippen MR) is 61.2 cm³/mol. The van der Waals surface area contributed by atoms with Crippen LogP contribution in [-0.4, -0.2) is 5.91 Å². The molecule has 15 heavy (non-hydrogen) atoms. The summed E-state index contributed by atoms with van der Waals surface area (Å²) in [4.78, 5) is 10.7. The van der Waals surface area contributed by atoms with E-state index in [9.17, 15) is 4.79 Å². The minimum Gasteiger partial charge on any atom is -0.370 e. The number of primary amides is 1. The fourth-order valence-corrected chi connectivity index (χ4v) is 3.58. The molecule has 2 saturated carbocycles. The van der Waals surface area contributed by atoms with Crippen LogP contribution < -0.4 is 5.73 Å². The first-order valence-electron chi connectivity index (χ1n) is 6.54.